The van der Waals surface area contributed by atoms with Gasteiger partial charge < -0.3 is 11.5 Å². The van der Waals surface area contributed by atoms with Gasteiger partial charge in [0.05, 0.1) is 21.4 Å². The molecule has 0 spiro atoms. The van der Waals surface area contributed by atoms with Crippen LogP contribution in [0.15, 0.2) is 77.8 Å². The summed E-state index contributed by atoms with van der Waals surface area (Å²) in [6.07, 6.45) is -1.72. The minimum atomic E-state index is -4.59. The Balaban J connectivity index is 0.000000178. The fourth-order valence-corrected chi connectivity index (χ4v) is 5.46. The normalized spacial score (nSPS) is 11.5. The van der Waals surface area contributed by atoms with Crippen LogP contribution in [0.1, 0.15) is 11.4 Å². The third-order valence-electron chi connectivity index (χ3n) is 6.67. The Bertz CT molecular complexity index is 2220. The number of anilines is 2. The summed E-state index contributed by atoms with van der Waals surface area (Å²) in [6.45, 7) is 1.49. The zero-order chi connectivity index (χ0) is 32.7. The number of rotatable bonds is 3. The molecular weight excluding hydrogens is 710 g/mol. The lowest BCUT2D eigenvalue weighted by Gasteiger charge is -2.14. The smallest absolute Gasteiger partial charge is 0.369 e. The Morgan fingerprint density at radius 1 is 0.696 bits per heavy atom. The van der Waals surface area contributed by atoms with Crippen LogP contribution in [0.5, 0.6) is 0 Å². The quantitative estimate of drug-likeness (QED) is 0.192. The topological polar surface area (TPSA) is 151 Å². The van der Waals surface area contributed by atoms with Crippen molar-refractivity contribution in [3.63, 3.8) is 0 Å². The van der Waals surface area contributed by atoms with Crippen LogP contribution in [0.25, 0.3) is 44.9 Å². The van der Waals surface area contributed by atoms with E-state index in [-0.39, 0.29) is 22.9 Å². The Kier molecular flexibility index (Phi) is 8.22. The van der Waals surface area contributed by atoms with Crippen molar-refractivity contribution < 1.29 is 13.2 Å². The number of benzene rings is 2. The first-order valence-corrected chi connectivity index (χ1v) is 14.7. The zero-order valence-electron chi connectivity index (χ0n) is 23.4. The van der Waals surface area contributed by atoms with Gasteiger partial charge in [0.2, 0.25) is 11.9 Å². The number of hydrogen-bond acceptors (Lipinski definition) is 9. The highest BCUT2D eigenvalue weighted by Crippen LogP contribution is 2.38. The van der Waals surface area contributed by atoms with Crippen molar-refractivity contribution >= 4 is 62.3 Å². The van der Waals surface area contributed by atoms with Crippen LogP contribution in [0.3, 0.4) is 0 Å². The first kappa shape index (κ1) is 31.1. The molecule has 0 aliphatic heterocycles. The summed E-state index contributed by atoms with van der Waals surface area (Å²) in [6, 6.07) is 16.6. The number of fused-ring (bicyclic) bond motifs is 2. The van der Waals surface area contributed by atoms with Gasteiger partial charge in [0.25, 0.3) is 0 Å². The Morgan fingerprint density at radius 3 is 1.76 bits per heavy atom. The maximum Gasteiger partial charge on any atom is 0.433 e. The van der Waals surface area contributed by atoms with Gasteiger partial charge in [-0.15, -0.1) is 20.4 Å². The first-order valence-electron chi connectivity index (χ1n) is 13.1. The number of nitrogen functional groups attached to an aromatic ring is 2. The molecule has 0 saturated heterocycles. The predicted molar refractivity (Wildman–Crippen MR) is 172 cm³/mol. The van der Waals surface area contributed by atoms with Crippen LogP contribution in [-0.2, 0) is 6.18 Å². The second-order valence-corrected chi connectivity index (χ2v) is 11.4. The molecule has 0 bridgehead atoms. The van der Waals surface area contributed by atoms with E-state index in [2.05, 4.69) is 51.3 Å². The van der Waals surface area contributed by atoms with Gasteiger partial charge in [-0.05, 0) is 64.8 Å². The van der Waals surface area contributed by atoms with Crippen LogP contribution in [0.2, 0.25) is 10.0 Å². The standard InChI is InChI=1S/C18H12ClF3N6.C11H7BrClN5/c1-9-6-11(7-13(25-9)18(20,21)22)14-15(10-2-4-12(19)5-3-10)26-17(23)28-8-24-27-16(14)28;12-8-9(6-1-3-7(13)4-2-6)16-11(14)18-5-15-17-10(8)18/h2-8H,1H3,(H2,23,26);1-5H,(H2,14,16). The summed E-state index contributed by atoms with van der Waals surface area (Å²) in [5.74, 6) is 0.443. The number of halogens is 6. The van der Waals surface area contributed by atoms with Gasteiger partial charge >= 0.3 is 6.18 Å². The predicted octanol–water partition coefficient (Wildman–Crippen LogP) is 7.21. The molecule has 5 aromatic heterocycles. The molecule has 46 heavy (non-hydrogen) atoms. The van der Waals surface area contributed by atoms with E-state index in [0.29, 0.717) is 44.2 Å². The second kappa shape index (κ2) is 12.2. The van der Waals surface area contributed by atoms with E-state index < -0.39 is 11.9 Å². The molecule has 7 aromatic rings. The van der Waals surface area contributed by atoms with Crippen LogP contribution >= 0.6 is 39.1 Å². The summed E-state index contributed by atoms with van der Waals surface area (Å²) in [5, 5.41) is 16.9. The lowest BCUT2D eigenvalue weighted by atomic mass is 9.99. The SMILES string of the molecule is Cc1cc(-c2c(-c3ccc(Cl)cc3)nc(N)n3cnnc23)cc(C(F)(F)F)n1.Nc1nc(-c2ccc(Cl)cc2)c(Br)c2nncn12. The summed E-state index contributed by atoms with van der Waals surface area (Å²) >= 11 is 15.3. The van der Waals surface area contributed by atoms with Crippen molar-refractivity contribution in [2.45, 2.75) is 13.1 Å². The van der Waals surface area contributed by atoms with Crippen LogP contribution in [-0.4, -0.2) is 44.1 Å². The number of alkyl halides is 3. The van der Waals surface area contributed by atoms with Crippen molar-refractivity contribution in [3.05, 3.63) is 99.2 Å². The van der Waals surface area contributed by atoms with E-state index >= 15 is 0 Å². The Morgan fingerprint density at radius 2 is 1.20 bits per heavy atom. The lowest BCUT2D eigenvalue weighted by molar-refractivity contribution is -0.141. The molecule has 4 N–H and O–H groups in total. The summed E-state index contributed by atoms with van der Waals surface area (Å²) in [5.41, 5.74) is 15.2. The van der Waals surface area contributed by atoms with Crippen molar-refractivity contribution in [2.24, 2.45) is 0 Å². The molecular formula is C29H19BrCl2F3N11. The van der Waals surface area contributed by atoms with Crippen molar-refractivity contribution in [2.75, 3.05) is 11.5 Å². The highest BCUT2D eigenvalue weighted by atomic mass is 79.9. The average molecular weight is 729 g/mol. The summed E-state index contributed by atoms with van der Waals surface area (Å²) in [7, 11) is 0. The van der Waals surface area contributed by atoms with Gasteiger partial charge in [-0.25, -0.2) is 15.0 Å². The molecule has 0 radical (unpaired) electrons. The van der Waals surface area contributed by atoms with Gasteiger partial charge in [-0.3, -0.25) is 8.80 Å². The minimum Gasteiger partial charge on any atom is -0.369 e. The molecule has 0 unspecified atom stereocenters. The van der Waals surface area contributed by atoms with Crippen molar-refractivity contribution in [1.82, 2.24) is 44.1 Å². The van der Waals surface area contributed by atoms with E-state index in [9.17, 15) is 13.2 Å². The van der Waals surface area contributed by atoms with E-state index in [4.69, 9.17) is 34.7 Å². The van der Waals surface area contributed by atoms with Gasteiger partial charge in [-0.2, -0.15) is 13.2 Å². The fourth-order valence-electron chi connectivity index (χ4n) is 4.62. The molecule has 232 valence electrons. The largest absolute Gasteiger partial charge is 0.433 e. The van der Waals surface area contributed by atoms with Crippen molar-refractivity contribution in [1.29, 1.82) is 0 Å². The number of aryl methyl sites for hydroxylation is 1. The van der Waals surface area contributed by atoms with Gasteiger partial charge in [0, 0.05) is 26.9 Å². The number of aromatic nitrogens is 9. The second-order valence-electron chi connectivity index (χ2n) is 9.77. The summed E-state index contributed by atoms with van der Waals surface area (Å²) in [4.78, 5) is 12.3. The summed E-state index contributed by atoms with van der Waals surface area (Å²) < 4.78 is 43.7. The minimum absolute atomic E-state index is 0.107. The molecule has 0 saturated carbocycles. The van der Waals surface area contributed by atoms with Gasteiger partial charge in [-0.1, -0.05) is 47.5 Å². The fraction of sp³-hybridized carbons (Fsp3) is 0.0690. The van der Waals surface area contributed by atoms with E-state index in [1.165, 1.54) is 30.0 Å². The molecule has 7 rings (SSSR count). The van der Waals surface area contributed by atoms with E-state index in [1.54, 1.807) is 40.8 Å². The number of pyridine rings is 1. The zero-order valence-corrected chi connectivity index (χ0v) is 26.5. The molecule has 11 nitrogen and oxygen atoms in total. The maximum absolute atomic E-state index is 13.3. The third kappa shape index (κ3) is 6.03. The molecule has 5 heterocycles. The van der Waals surface area contributed by atoms with E-state index in [0.717, 1.165) is 16.1 Å². The van der Waals surface area contributed by atoms with Gasteiger partial charge in [0.1, 0.15) is 18.3 Å². The Hall–Kier alpha value is -4.86. The molecule has 0 amide bonds. The van der Waals surface area contributed by atoms with E-state index in [1.807, 2.05) is 12.1 Å². The third-order valence-corrected chi connectivity index (χ3v) is 7.91. The van der Waals surface area contributed by atoms with Crippen LogP contribution in [0.4, 0.5) is 25.1 Å². The highest BCUT2D eigenvalue weighted by Gasteiger charge is 2.33. The molecule has 0 atom stereocenters. The average Bonchev–Trinajstić information content (AvgIpc) is 3.71. The molecule has 17 heteroatoms. The number of nitrogens with zero attached hydrogens (tertiary/aromatic N) is 9. The Labute approximate surface area is 276 Å². The molecule has 0 fully saturated rings. The van der Waals surface area contributed by atoms with Crippen LogP contribution < -0.4 is 11.5 Å². The molecule has 0 aliphatic carbocycles. The molecule has 2 aromatic carbocycles. The molecule has 0 aliphatic rings. The van der Waals surface area contributed by atoms with Crippen LogP contribution in [0, 0.1) is 6.92 Å². The first-order chi connectivity index (χ1) is 21.9. The number of hydrogen-bond donors (Lipinski definition) is 2. The van der Waals surface area contributed by atoms with Crippen molar-refractivity contribution in [3.8, 4) is 33.6 Å². The highest BCUT2D eigenvalue weighted by molar-refractivity contribution is 9.10. The maximum atomic E-state index is 13.3. The number of nitrogens with two attached hydrogens (primary N) is 2. The monoisotopic (exact) mass is 727 g/mol. The lowest BCUT2D eigenvalue weighted by Crippen LogP contribution is -2.10. The van der Waals surface area contributed by atoms with Gasteiger partial charge in [0.15, 0.2) is 11.3 Å².